The molecule has 1 heterocycles. The summed E-state index contributed by atoms with van der Waals surface area (Å²) in [5.74, 6) is 0. The summed E-state index contributed by atoms with van der Waals surface area (Å²) in [6.07, 6.45) is 2.01. The van der Waals surface area contributed by atoms with Crippen molar-refractivity contribution in [2.24, 2.45) is 7.05 Å². The van der Waals surface area contributed by atoms with Gasteiger partial charge in [0.1, 0.15) is 0 Å². The molecule has 0 unspecified atom stereocenters. The van der Waals surface area contributed by atoms with E-state index in [-0.39, 0.29) is 0 Å². The minimum absolute atomic E-state index is 0.787. The maximum absolute atomic E-state index is 5.63. The highest BCUT2D eigenvalue weighted by Gasteiger charge is 2.04. The molecule has 0 fully saturated rings. The van der Waals surface area contributed by atoms with Gasteiger partial charge < -0.3 is 5.73 Å². The van der Waals surface area contributed by atoms with Gasteiger partial charge in [0.05, 0.1) is 5.69 Å². The van der Waals surface area contributed by atoms with Crippen LogP contribution in [0.4, 0.5) is 5.69 Å². The molecule has 0 bridgehead atoms. The van der Waals surface area contributed by atoms with E-state index in [1.165, 1.54) is 0 Å². The summed E-state index contributed by atoms with van der Waals surface area (Å²) in [7, 11) is 1.92. The first kappa shape index (κ1) is 8.81. The lowest BCUT2D eigenvalue weighted by molar-refractivity contribution is 0.756. The van der Waals surface area contributed by atoms with Gasteiger partial charge in [0.25, 0.3) is 0 Å². The number of benzene rings is 1. The summed E-state index contributed by atoms with van der Waals surface area (Å²) in [6.45, 7) is 2.01. The first-order valence-corrected chi connectivity index (χ1v) is 4.53. The molecule has 3 nitrogen and oxygen atoms in total. The molecular formula is C11H13N3. The molecule has 0 aliphatic heterocycles. The highest BCUT2D eigenvalue weighted by molar-refractivity contribution is 5.66. The van der Waals surface area contributed by atoms with Crippen molar-refractivity contribution in [3.05, 3.63) is 36.2 Å². The Kier molecular flexibility index (Phi) is 2.00. The van der Waals surface area contributed by atoms with E-state index >= 15 is 0 Å². The van der Waals surface area contributed by atoms with Crippen LogP contribution >= 0.6 is 0 Å². The molecule has 2 rings (SSSR count). The van der Waals surface area contributed by atoms with Crippen LogP contribution in [0, 0.1) is 6.92 Å². The average molecular weight is 187 g/mol. The van der Waals surface area contributed by atoms with E-state index in [4.69, 9.17) is 5.73 Å². The fraction of sp³-hybridized carbons (Fsp3) is 0.182. The van der Waals surface area contributed by atoms with E-state index in [1.54, 1.807) is 0 Å². The predicted molar refractivity (Wildman–Crippen MR) is 57.8 cm³/mol. The van der Waals surface area contributed by atoms with Crippen LogP contribution in [0.3, 0.4) is 0 Å². The fourth-order valence-electron chi connectivity index (χ4n) is 1.55. The number of nitrogens with two attached hydrogens (primary N) is 1. The van der Waals surface area contributed by atoms with Gasteiger partial charge in [-0.25, -0.2) is 0 Å². The van der Waals surface area contributed by atoms with Crippen molar-refractivity contribution in [3.8, 4) is 11.1 Å². The minimum Gasteiger partial charge on any atom is -0.399 e. The third-order valence-corrected chi connectivity index (χ3v) is 2.24. The first-order chi connectivity index (χ1) is 6.66. The van der Waals surface area contributed by atoms with E-state index in [0.717, 1.165) is 22.5 Å². The number of hydrogen-bond donors (Lipinski definition) is 1. The molecule has 0 amide bonds. The topological polar surface area (TPSA) is 43.8 Å². The van der Waals surface area contributed by atoms with Crippen LogP contribution in [0.5, 0.6) is 0 Å². The van der Waals surface area contributed by atoms with Crippen molar-refractivity contribution in [2.45, 2.75) is 6.92 Å². The molecule has 0 aliphatic carbocycles. The van der Waals surface area contributed by atoms with Crippen molar-refractivity contribution in [2.75, 3.05) is 5.73 Å². The van der Waals surface area contributed by atoms with Crippen molar-refractivity contribution in [1.29, 1.82) is 0 Å². The largest absolute Gasteiger partial charge is 0.399 e. The molecule has 2 aromatic rings. The van der Waals surface area contributed by atoms with Crippen LogP contribution in [-0.4, -0.2) is 9.78 Å². The van der Waals surface area contributed by atoms with Crippen molar-refractivity contribution >= 4 is 5.69 Å². The van der Waals surface area contributed by atoms with E-state index < -0.39 is 0 Å². The lowest BCUT2D eigenvalue weighted by Crippen LogP contribution is -1.86. The van der Waals surface area contributed by atoms with Crippen molar-refractivity contribution in [3.63, 3.8) is 0 Å². The summed E-state index contributed by atoms with van der Waals surface area (Å²) < 4.78 is 1.82. The summed E-state index contributed by atoms with van der Waals surface area (Å²) >= 11 is 0. The van der Waals surface area contributed by atoms with Gasteiger partial charge in [0.15, 0.2) is 0 Å². The second-order valence-corrected chi connectivity index (χ2v) is 3.42. The molecule has 14 heavy (non-hydrogen) atoms. The summed E-state index contributed by atoms with van der Waals surface area (Å²) in [5.41, 5.74) is 9.77. The minimum atomic E-state index is 0.787. The van der Waals surface area contributed by atoms with Crippen LogP contribution < -0.4 is 5.73 Å². The van der Waals surface area contributed by atoms with Gasteiger partial charge in [0.2, 0.25) is 0 Å². The maximum Gasteiger partial charge on any atom is 0.0671 e. The zero-order valence-corrected chi connectivity index (χ0v) is 8.36. The van der Waals surface area contributed by atoms with Crippen LogP contribution in [0.1, 0.15) is 5.69 Å². The Bertz CT molecular complexity index is 440. The van der Waals surface area contributed by atoms with Crippen LogP contribution in [-0.2, 0) is 7.05 Å². The van der Waals surface area contributed by atoms with E-state index in [2.05, 4.69) is 5.10 Å². The van der Waals surface area contributed by atoms with E-state index in [1.807, 2.05) is 49.1 Å². The molecule has 2 N–H and O–H groups in total. The molecule has 0 atom stereocenters. The SMILES string of the molecule is Cc1nn(C)cc1-c1ccc(N)cc1. The molecule has 1 aromatic carbocycles. The number of aryl methyl sites for hydroxylation is 2. The number of nitrogen functional groups attached to an aromatic ring is 1. The molecule has 72 valence electrons. The highest BCUT2D eigenvalue weighted by atomic mass is 15.2. The van der Waals surface area contributed by atoms with Gasteiger partial charge in [-0.3, -0.25) is 4.68 Å². The average Bonchev–Trinajstić information content (AvgIpc) is 2.47. The Labute approximate surface area is 83.2 Å². The van der Waals surface area contributed by atoms with Gasteiger partial charge in [-0.15, -0.1) is 0 Å². The zero-order chi connectivity index (χ0) is 10.1. The number of aromatic nitrogens is 2. The van der Waals surface area contributed by atoms with Gasteiger partial charge in [-0.2, -0.15) is 5.10 Å². The smallest absolute Gasteiger partial charge is 0.0671 e. The normalized spacial score (nSPS) is 10.4. The Morgan fingerprint density at radius 2 is 1.86 bits per heavy atom. The summed E-state index contributed by atoms with van der Waals surface area (Å²) in [6, 6.07) is 7.84. The summed E-state index contributed by atoms with van der Waals surface area (Å²) in [4.78, 5) is 0. The van der Waals surface area contributed by atoms with Crippen LogP contribution in [0.15, 0.2) is 30.5 Å². The van der Waals surface area contributed by atoms with Gasteiger partial charge in [-0.1, -0.05) is 12.1 Å². The summed E-state index contributed by atoms with van der Waals surface area (Å²) in [5, 5.41) is 4.30. The lowest BCUT2D eigenvalue weighted by atomic mass is 10.1. The molecule has 3 heteroatoms. The highest BCUT2D eigenvalue weighted by Crippen LogP contribution is 2.22. The number of rotatable bonds is 1. The Balaban J connectivity index is 2.49. The molecule has 0 spiro atoms. The number of anilines is 1. The molecule has 0 saturated heterocycles. The van der Waals surface area contributed by atoms with Gasteiger partial charge in [-0.05, 0) is 24.6 Å². The molecule has 0 radical (unpaired) electrons. The van der Waals surface area contributed by atoms with Gasteiger partial charge >= 0.3 is 0 Å². The monoisotopic (exact) mass is 187 g/mol. The number of hydrogen-bond acceptors (Lipinski definition) is 2. The third kappa shape index (κ3) is 1.48. The zero-order valence-electron chi connectivity index (χ0n) is 8.36. The van der Waals surface area contributed by atoms with Crippen LogP contribution in [0.25, 0.3) is 11.1 Å². The molecule has 0 aliphatic rings. The van der Waals surface area contributed by atoms with Crippen molar-refractivity contribution in [1.82, 2.24) is 9.78 Å². The van der Waals surface area contributed by atoms with Gasteiger partial charge in [0, 0.05) is 24.5 Å². The quantitative estimate of drug-likeness (QED) is 0.694. The Hall–Kier alpha value is -1.77. The van der Waals surface area contributed by atoms with E-state index in [9.17, 15) is 0 Å². The van der Waals surface area contributed by atoms with Crippen molar-refractivity contribution < 1.29 is 0 Å². The molecular weight excluding hydrogens is 174 g/mol. The first-order valence-electron chi connectivity index (χ1n) is 4.53. The fourth-order valence-corrected chi connectivity index (χ4v) is 1.55. The molecule has 0 saturated carbocycles. The molecule has 1 aromatic heterocycles. The maximum atomic E-state index is 5.63. The standard InChI is InChI=1S/C11H13N3/c1-8-11(7-14(2)13-8)9-3-5-10(12)6-4-9/h3-7H,12H2,1-2H3. The lowest BCUT2D eigenvalue weighted by Gasteiger charge is -1.98. The Morgan fingerprint density at radius 1 is 1.21 bits per heavy atom. The Morgan fingerprint density at radius 3 is 2.36 bits per heavy atom. The third-order valence-electron chi connectivity index (χ3n) is 2.24. The predicted octanol–water partition coefficient (Wildman–Crippen LogP) is 1.98. The second-order valence-electron chi connectivity index (χ2n) is 3.42. The van der Waals surface area contributed by atoms with Crippen LogP contribution in [0.2, 0.25) is 0 Å². The van der Waals surface area contributed by atoms with E-state index in [0.29, 0.717) is 0 Å². The second kappa shape index (κ2) is 3.18. The number of nitrogens with zero attached hydrogens (tertiary/aromatic N) is 2.